The summed E-state index contributed by atoms with van der Waals surface area (Å²) >= 11 is 0. The molecule has 6 nitrogen and oxygen atoms in total. The summed E-state index contributed by atoms with van der Waals surface area (Å²) in [4.78, 5) is 26.8. The molecule has 0 radical (unpaired) electrons. The first-order chi connectivity index (χ1) is 7.02. The summed E-state index contributed by atoms with van der Waals surface area (Å²) in [5.41, 5.74) is 0. The highest BCUT2D eigenvalue weighted by Gasteiger charge is 2.23. The van der Waals surface area contributed by atoms with Crippen LogP contribution >= 0.6 is 0 Å². The Hall–Kier alpha value is -1.30. The maximum absolute atomic E-state index is 11.6. The lowest BCUT2D eigenvalue weighted by atomic mass is 10.1. The number of hydrogen-bond donors (Lipinski definition) is 2. The minimum atomic E-state index is -1.20. The Balaban J connectivity index is 4.32. The number of amides is 2. The van der Waals surface area contributed by atoms with Crippen molar-refractivity contribution in [1.82, 2.24) is 10.4 Å². The molecule has 0 aromatic heterocycles. The second-order valence-corrected chi connectivity index (χ2v) is 3.16. The van der Waals surface area contributed by atoms with Crippen LogP contribution in [0.2, 0.25) is 0 Å². The molecule has 0 aromatic carbocycles. The molecule has 15 heavy (non-hydrogen) atoms. The van der Waals surface area contributed by atoms with Crippen molar-refractivity contribution in [2.45, 2.75) is 32.2 Å². The summed E-state index contributed by atoms with van der Waals surface area (Å²) in [6.45, 7) is 1.97. The van der Waals surface area contributed by atoms with Crippen LogP contribution in [0.15, 0.2) is 0 Å². The zero-order chi connectivity index (χ0) is 11.8. The number of nitrogens with zero attached hydrogens (tertiary/aromatic N) is 1. The number of likely N-dealkylation sites (N-methyl/N-ethyl adjacent to an activating group) is 1. The van der Waals surface area contributed by atoms with Crippen molar-refractivity contribution in [1.29, 1.82) is 0 Å². The predicted molar refractivity (Wildman–Crippen MR) is 54.3 cm³/mol. The van der Waals surface area contributed by atoms with Crippen molar-refractivity contribution in [3.8, 4) is 0 Å². The van der Waals surface area contributed by atoms with Gasteiger partial charge in [0, 0.05) is 7.05 Å². The van der Waals surface area contributed by atoms with Crippen LogP contribution in [0, 0.1) is 0 Å². The fourth-order valence-electron chi connectivity index (χ4n) is 1.12. The second kappa shape index (κ2) is 7.05. The van der Waals surface area contributed by atoms with Crippen molar-refractivity contribution in [3.63, 3.8) is 0 Å². The van der Waals surface area contributed by atoms with Gasteiger partial charge in [0.05, 0.1) is 7.11 Å². The standard InChI is InChI=1S/C9H18N2O4/c1-4-5-6-7(10-9(13)14)8(12)11(2)15-3/h7,10H,4-6H2,1-3H3,(H,13,14). The van der Waals surface area contributed by atoms with E-state index in [1.165, 1.54) is 14.2 Å². The van der Waals surface area contributed by atoms with E-state index >= 15 is 0 Å². The third-order valence-electron chi connectivity index (χ3n) is 2.03. The minimum Gasteiger partial charge on any atom is -0.465 e. The molecule has 0 saturated carbocycles. The highest BCUT2D eigenvalue weighted by Crippen LogP contribution is 2.04. The second-order valence-electron chi connectivity index (χ2n) is 3.16. The molecule has 0 fully saturated rings. The van der Waals surface area contributed by atoms with Crippen LogP contribution in [0.5, 0.6) is 0 Å². The van der Waals surface area contributed by atoms with Gasteiger partial charge >= 0.3 is 6.09 Å². The van der Waals surface area contributed by atoms with Crippen molar-refractivity contribution in [3.05, 3.63) is 0 Å². The molecule has 1 atom stereocenters. The Morgan fingerprint density at radius 1 is 1.53 bits per heavy atom. The fourth-order valence-corrected chi connectivity index (χ4v) is 1.12. The van der Waals surface area contributed by atoms with E-state index in [1.807, 2.05) is 6.92 Å². The van der Waals surface area contributed by atoms with E-state index in [0.717, 1.165) is 17.9 Å². The average Bonchev–Trinajstić information content (AvgIpc) is 2.21. The van der Waals surface area contributed by atoms with Gasteiger partial charge in [-0.25, -0.2) is 9.86 Å². The molecule has 0 heterocycles. The Morgan fingerprint density at radius 3 is 2.53 bits per heavy atom. The van der Waals surface area contributed by atoms with Gasteiger partial charge in [-0.3, -0.25) is 9.63 Å². The molecule has 2 N–H and O–H groups in total. The molecular weight excluding hydrogens is 200 g/mol. The lowest BCUT2D eigenvalue weighted by Gasteiger charge is -2.21. The van der Waals surface area contributed by atoms with Gasteiger partial charge in [-0.15, -0.1) is 0 Å². The predicted octanol–water partition coefficient (Wildman–Crippen LogP) is 0.833. The van der Waals surface area contributed by atoms with E-state index in [-0.39, 0.29) is 5.91 Å². The fraction of sp³-hybridized carbons (Fsp3) is 0.778. The number of unbranched alkanes of at least 4 members (excludes halogenated alkanes) is 1. The zero-order valence-corrected chi connectivity index (χ0v) is 9.32. The van der Waals surface area contributed by atoms with Gasteiger partial charge in [0.15, 0.2) is 0 Å². The highest BCUT2D eigenvalue weighted by atomic mass is 16.7. The quantitative estimate of drug-likeness (QED) is 0.647. The maximum atomic E-state index is 11.6. The van der Waals surface area contributed by atoms with Crippen LogP contribution in [-0.4, -0.2) is 42.4 Å². The molecule has 0 aromatic rings. The Labute approximate surface area is 89.2 Å². The molecule has 0 spiro atoms. The normalized spacial score (nSPS) is 11.9. The Morgan fingerprint density at radius 2 is 2.13 bits per heavy atom. The summed E-state index contributed by atoms with van der Waals surface area (Å²) in [6.07, 6.45) is 0.972. The third kappa shape index (κ3) is 5.21. The Kier molecular flexibility index (Phi) is 6.44. The summed E-state index contributed by atoms with van der Waals surface area (Å²) in [5.74, 6) is -0.381. The molecule has 0 saturated heterocycles. The molecule has 0 rings (SSSR count). The van der Waals surface area contributed by atoms with Gasteiger partial charge in [0.2, 0.25) is 0 Å². The van der Waals surface area contributed by atoms with Crippen LogP contribution in [0.25, 0.3) is 0 Å². The summed E-state index contributed by atoms with van der Waals surface area (Å²) in [5, 5.41) is 11.8. The van der Waals surface area contributed by atoms with Gasteiger partial charge in [0.1, 0.15) is 6.04 Å². The molecule has 0 bridgehead atoms. The number of rotatable bonds is 6. The monoisotopic (exact) mass is 218 g/mol. The van der Waals surface area contributed by atoms with Crippen LogP contribution < -0.4 is 5.32 Å². The van der Waals surface area contributed by atoms with Crippen molar-refractivity contribution < 1.29 is 19.5 Å². The van der Waals surface area contributed by atoms with E-state index in [1.54, 1.807) is 0 Å². The van der Waals surface area contributed by atoms with Crippen molar-refractivity contribution in [2.24, 2.45) is 0 Å². The zero-order valence-electron chi connectivity index (χ0n) is 9.32. The highest BCUT2D eigenvalue weighted by molar-refractivity contribution is 5.84. The van der Waals surface area contributed by atoms with Crippen LogP contribution in [0.4, 0.5) is 4.79 Å². The van der Waals surface area contributed by atoms with Gasteiger partial charge in [-0.2, -0.15) is 0 Å². The summed E-state index contributed by atoms with van der Waals surface area (Å²) < 4.78 is 0. The smallest absolute Gasteiger partial charge is 0.405 e. The van der Waals surface area contributed by atoms with Gasteiger partial charge in [-0.1, -0.05) is 19.8 Å². The number of carboxylic acid groups (broad SMARTS) is 1. The number of carbonyl (C=O) groups excluding carboxylic acids is 1. The third-order valence-corrected chi connectivity index (χ3v) is 2.03. The Bertz CT molecular complexity index is 220. The largest absolute Gasteiger partial charge is 0.465 e. The van der Waals surface area contributed by atoms with E-state index in [0.29, 0.717) is 6.42 Å². The molecule has 0 aliphatic rings. The van der Waals surface area contributed by atoms with Gasteiger partial charge in [-0.05, 0) is 6.42 Å². The van der Waals surface area contributed by atoms with Crippen molar-refractivity contribution in [2.75, 3.05) is 14.2 Å². The number of hydroxylamine groups is 2. The first-order valence-electron chi connectivity index (χ1n) is 4.84. The van der Waals surface area contributed by atoms with Gasteiger partial charge < -0.3 is 10.4 Å². The summed E-state index contributed by atoms with van der Waals surface area (Å²) in [6, 6.07) is -0.729. The maximum Gasteiger partial charge on any atom is 0.405 e. The van der Waals surface area contributed by atoms with Crippen molar-refractivity contribution >= 4 is 12.0 Å². The molecular formula is C9H18N2O4. The average molecular weight is 218 g/mol. The lowest BCUT2D eigenvalue weighted by molar-refractivity contribution is -0.171. The lowest BCUT2D eigenvalue weighted by Crippen LogP contribution is -2.46. The molecule has 1 unspecified atom stereocenters. The van der Waals surface area contributed by atoms with E-state index in [2.05, 4.69) is 5.32 Å². The van der Waals surface area contributed by atoms with Crippen LogP contribution in [-0.2, 0) is 9.63 Å². The first-order valence-corrected chi connectivity index (χ1v) is 4.84. The van der Waals surface area contributed by atoms with E-state index in [9.17, 15) is 9.59 Å². The molecule has 2 amide bonds. The summed E-state index contributed by atoms with van der Waals surface area (Å²) in [7, 11) is 2.81. The van der Waals surface area contributed by atoms with Gasteiger partial charge in [0.25, 0.3) is 5.91 Å². The number of nitrogens with one attached hydrogen (secondary N) is 1. The first kappa shape index (κ1) is 13.7. The minimum absolute atomic E-state index is 0.381. The number of carbonyl (C=O) groups is 2. The molecule has 0 aliphatic carbocycles. The molecule has 0 aliphatic heterocycles. The SMILES string of the molecule is CCCCC(NC(=O)O)C(=O)N(C)OC. The van der Waals surface area contributed by atoms with E-state index < -0.39 is 12.1 Å². The molecule has 6 heteroatoms. The van der Waals surface area contributed by atoms with Crippen LogP contribution in [0.1, 0.15) is 26.2 Å². The van der Waals surface area contributed by atoms with Crippen LogP contribution in [0.3, 0.4) is 0 Å². The topological polar surface area (TPSA) is 78.9 Å². The molecule has 88 valence electrons. The number of hydrogen-bond acceptors (Lipinski definition) is 3. The van der Waals surface area contributed by atoms with E-state index in [4.69, 9.17) is 9.94 Å².